The van der Waals surface area contributed by atoms with Crippen LogP contribution in [0.5, 0.6) is 0 Å². The summed E-state index contributed by atoms with van der Waals surface area (Å²) in [4.78, 5) is 53.6. The third-order valence-electron chi connectivity index (χ3n) is 12.0. The summed E-state index contributed by atoms with van der Waals surface area (Å²) in [6.07, 6.45) is 5.04. The van der Waals surface area contributed by atoms with Crippen molar-refractivity contribution in [3.05, 3.63) is 110 Å². The van der Waals surface area contributed by atoms with Crippen LogP contribution in [0.2, 0.25) is 0 Å². The molecule has 22 heteroatoms. The predicted octanol–water partition coefficient (Wildman–Crippen LogP) is 2.38. The van der Waals surface area contributed by atoms with E-state index in [0.29, 0.717) is 0 Å². The van der Waals surface area contributed by atoms with E-state index < -0.39 is 148 Å². The molecule has 10 N–H and O–H groups in total. The van der Waals surface area contributed by atoms with E-state index in [1.807, 2.05) is 6.92 Å². The van der Waals surface area contributed by atoms with Gasteiger partial charge in [-0.25, -0.2) is 14.4 Å². The number of fused-ring (bicyclic) bond motifs is 2. The van der Waals surface area contributed by atoms with Gasteiger partial charge in [-0.05, 0) is 26.2 Å². The van der Waals surface area contributed by atoms with Gasteiger partial charge in [-0.3, -0.25) is 4.79 Å². The van der Waals surface area contributed by atoms with Crippen molar-refractivity contribution >= 4 is 24.3 Å². The number of allylic oxidation sites excluding steroid dienone is 12. The van der Waals surface area contributed by atoms with Crippen LogP contribution in [0.15, 0.2) is 115 Å². The number of nitrogens with zero attached hydrogens (tertiary/aromatic N) is 1. The number of hydrogen-bond acceptors (Lipinski definition) is 21. The van der Waals surface area contributed by atoms with Crippen molar-refractivity contribution in [2.45, 2.75) is 169 Å². The highest BCUT2D eigenvalue weighted by molar-refractivity contribution is 5.70. The number of aliphatic hydroxyl groups excluding tert-OH is 8. The second-order valence-corrected chi connectivity index (χ2v) is 18.5. The fraction of sp³-hybridized carbons (Fsp3) is 0.585. The van der Waals surface area contributed by atoms with Crippen molar-refractivity contribution in [3.8, 4) is 0 Å². The smallest absolute Gasteiger partial charge is 0.462 e. The van der Waals surface area contributed by atoms with Crippen molar-refractivity contribution < 1.29 is 98.3 Å². The quantitative estimate of drug-likeness (QED) is 0.0521. The van der Waals surface area contributed by atoms with Gasteiger partial charge in [-0.1, -0.05) is 117 Å². The Morgan fingerprint density at radius 1 is 0.760 bits per heavy atom. The highest BCUT2D eigenvalue weighted by Gasteiger charge is 2.51. The van der Waals surface area contributed by atoms with Crippen LogP contribution in [-0.2, 0) is 42.7 Å². The largest absolute Gasteiger partial charge is 0.508 e. The molecule has 3 aliphatic rings. The van der Waals surface area contributed by atoms with E-state index in [2.05, 4.69) is 23.5 Å². The first-order valence-corrected chi connectivity index (χ1v) is 24.8. The Bertz CT molecular complexity index is 2030. The van der Waals surface area contributed by atoms with E-state index >= 15 is 0 Å². The van der Waals surface area contributed by atoms with E-state index in [4.69, 9.17) is 33.2 Å². The molecule has 0 spiro atoms. The van der Waals surface area contributed by atoms with Crippen LogP contribution in [-0.4, -0.2) is 187 Å². The molecule has 3 aliphatic heterocycles. The molecule has 1 amide bonds. The number of carbonyl (C=O) groups excluding carboxylic acids is 4. The van der Waals surface area contributed by atoms with Gasteiger partial charge in [0.1, 0.15) is 43.7 Å². The highest BCUT2D eigenvalue weighted by Crippen LogP contribution is 2.38. The molecule has 0 aromatic carbocycles. The lowest BCUT2D eigenvalue weighted by Crippen LogP contribution is -2.61. The van der Waals surface area contributed by atoms with Gasteiger partial charge in [0.05, 0.1) is 67.9 Å². The number of hydrogen-bond donors (Lipinski definition) is 10. The lowest BCUT2D eigenvalue weighted by Gasteiger charge is -2.45. The van der Waals surface area contributed by atoms with Crippen molar-refractivity contribution in [2.24, 2.45) is 10.9 Å². The van der Waals surface area contributed by atoms with Gasteiger partial charge >= 0.3 is 18.2 Å². The number of carbonyl (C=O) groups is 3. The zero-order valence-electron chi connectivity index (χ0n) is 42.3. The SMILES string of the molecule is C=CCOC(=O)N[C@@H]1[C@H](O)[C@H](O[C@H]2/C=C/C=C/C=C/C=C/C=C/C=C/C=C/[C@H](C)[C@@H](O)C[C@H](C)OC(=O)C[C@H](O)C[C@H](O)CC[C@@H](O)[C@H](O)C[C@H](O)C[C@]3(O)C[C@H](OC(=O)OCC=C)[C@@H](N=C=O)[C@H](C2)O3)OC[C@H]1O. The standard InChI is InChI=1S/C53H76N2O20/c1-5-23-69-51(66)55-47-43(63)32-71-50(49(47)65)73-39-20-18-16-14-12-10-8-7-9-11-13-15-17-19-34(3)41(61)25-35(4)72-46(64)28-37(58)26-36(57)21-22-40(60)42(62)27-38(59)30-53(68)31-45(74-52(67)70-24-6-2)48(54-33-56)44(29-39)75-53/h5-20,34-45,47-50,57-63,65,68H,1-2,21-32H2,3-4H3,(H,55,66)/b8-7+,11-9+,12-10+,15-13+,16-14+,19-17+,20-18+/t34-,35-,36+,37+,38-,39-,40+,41-,42+,43+,44-,45-,47-,48-,49-,50-,53+/m0/s1. The zero-order chi connectivity index (χ0) is 55.3. The molecule has 2 fully saturated rings. The Hall–Kier alpha value is -5.43. The fourth-order valence-corrected chi connectivity index (χ4v) is 8.23. The number of ether oxygens (including phenoxy) is 7. The van der Waals surface area contributed by atoms with Crippen molar-refractivity contribution in [3.63, 3.8) is 0 Å². The number of nitrogens with one attached hydrogen (secondary N) is 1. The normalized spacial score (nSPS) is 38.5. The van der Waals surface area contributed by atoms with Gasteiger partial charge in [0, 0.05) is 38.0 Å². The van der Waals surface area contributed by atoms with Gasteiger partial charge in [0.25, 0.3) is 0 Å². The summed E-state index contributed by atoms with van der Waals surface area (Å²) >= 11 is 0. The predicted molar refractivity (Wildman–Crippen MR) is 270 cm³/mol. The molecular weight excluding hydrogens is 985 g/mol. The summed E-state index contributed by atoms with van der Waals surface area (Å²) in [7, 11) is 0. The minimum absolute atomic E-state index is 0.128. The maximum Gasteiger partial charge on any atom is 0.508 e. The number of aliphatic imine (C=N–C) groups is 1. The summed E-state index contributed by atoms with van der Waals surface area (Å²) in [5.74, 6) is -3.44. The first-order chi connectivity index (χ1) is 35.8. The Balaban J connectivity index is 1.99. The minimum Gasteiger partial charge on any atom is -0.462 e. The molecule has 0 saturated carbocycles. The maximum atomic E-state index is 12.8. The van der Waals surface area contributed by atoms with E-state index in [1.165, 1.54) is 24.3 Å². The highest BCUT2D eigenvalue weighted by atomic mass is 16.7. The van der Waals surface area contributed by atoms with Crippen molar-refractivity contribution in [2.75, 3.05) is 19.8 Å². The van der Waals surface area contributed by atoms with Crippen LogP contribution in [0.3, 0.4) is 0 Å². The molecule has 3 heterocycles. The van der Waals surface area contributed by atoms with E-state index in [9.17, 15) is 65.1 Å². The third kappa shape index (κ3) is 24.4. The Kier molecular flexibility index (Phi) is 29.2. The van der Waals surface area contributed by atoms with Crippen molar-refractivity contribution in [1.82, 2.24) is 5.32 Å². The van der Waals surface area contributed by atoms with Crippen molar-refractivity contribution in [1.29, 1.82) is 0 Å². The van der Waals surface area contributed by atoms with Crippen LogP contribution < -0.4 is 5.32 Å². The molecule has 22 nitrogen and oxygen atoms in total. The molecule has 0 aromatic rings. The van der Waals surface area contributed by atoms with Crippen LogP contribution >= 0.6 is 0 Å². The average molecular weight is 1060 g/mol. The molecule has 0 aromatic heterocycles. The third-order valence-corrected chi connectivity index (χ3v) is 12.0. The van der Waals surface area contributed by atoms with E-state index in [1.54, 1.807) is 85.9 Å². The fourth-order valence-electron chi connectivity index (χ4n) is 8.23. The lowest BCUT2D eigenvalue weighted by atomic mass is 9.87. The lowest BCUT2D eigenvalue weighted by molar-refractivity contribution is -0.297. The minimum atomic E-state index is -2.41. The topological polar surface area (TPSA) is 339 Å². The summed E-state index contributed by atoms with van der Waals surface area (Å²) in [5.41, 5.74) is 0. The number of cyclic esters (lactones) is 1. The first-order valence-electron chi connectivity index (χ1n) is 24.8. The number of esters is 1. The molecule has 17 atom stereocenters. The number of rotatable bonds is 9. The summed E-state index contributed by atoms with van der Waals surface area (Å²) in [6.45, 7) is 9.52. The summed E-state index contributed by atoms with van der Waals surface area (Å²) < 4.78 is 38.9. The molecule has 75 heavy (non-hydrogen) atoms. The molecule has 418 valence electrons. The number of amides is 1. The average Bonchev–Trinajstić information content (AvgIpc) is 3.34. The van der Waals surface area contributed by atoms with E-state index in [-0.39, 0.29) is 51.2 Å². The van der Waals surface area contributed by atoms with E-state index in [0.717, 1.165) is 0 Å². The number of aliphatic hydroxyl groups is 9. The van der Waals surface area contributed by atoms with Gasteiger partial charge in [0.2, 0.25) is 6.08 Å². The molecule has 2 saturated heterocycles. The second-order valence-electron chi connectivity index (χ2n) is 18.5. The molecular formula is C53H76N2O20. The summed E-state index contributed by atoms with van der Waals surface area (Å²) in [6, 6.07) is -2.76. The van der Waals surface area contributed by atoms with Crippen LogP contribution in [0.4, 0.5) is 9.59 Å². The van der Waals surface area contributed by atoms with Crippen LogP contribution in [0, 0.1) is 5.92 Å². The molecule has 0 unspecified atom stereocenters. The molecule has 0 radical (unpaired) electrons. The summed E-state index contributed by atoms with van der Waals surface area (Å²) in [5, 5.41) is 101. The number of isocyanates is 1. The Labute approximate surface area is 437 Å². The van der Waals surface area contributed by atoms with Gasteiger partial charge in [0.15, 0.2) is 12.1 Å². The first kappa shape index (κ1) is 63.9. The molecule has 0 aliphatic carbocycles. The molecule has 3 rings (SSSR count). The Morgan fingerprint density at radius 3 is 2.00 bits per heavy atom. The second kappa shape index (κ2) is 34.3. The van der Waals surface area contributed by atoms with Crippen LogP contribution in [0.25, 0.3) is 0 Å². The Morgan fingerprint density at radius 2 is 1.37 bits per heavy atom. The van der Waals surface area contributed by atoms with Crippen LogP contribution in [0.1, 0.15) is 71.6 Å². The van der Waals surface area contributed by atoms with Gasteiger partial charge in [-0.2, -0.15) is 4.99 Å². The number of alkyl carbamates (subject to hydrolysis) is 1. The molecule has 2 bridgehead atoms. The monoisotopic (exact) mass is 1060 g/mol. The maximum absolute atomic E-state index is 12.8. The van der Waals surface area contributed by atoms with Gasteiger partial charge < -0.3 is 84.4 Å². The van der Waals surface area contributed by atoms with Gasteiger partial charge in [-0.15, -0.1) is 0 Å². The zero-order valence-corrected chi connectivity index (χ0v) is 42.3.